The smallest absolute Gasteiger partial charge is 0.341 e. The molecule has 0 spiro atoms. The third-order valence-electron chi connectivity index (χ3n) is 4.88. The number of hydrogen-bond acceptors (Lipinski definition) is 6. The Morgan fingerprint density at radius 1 is 1.00 bits per heavy atom. The fourth-order valence-corrected chi connectivity index (χ4v) is 4.12. The highest BCUT2D eigenvalue weighted by atomic mass is 32.1. The average Bonchev–Trinajstić information content (AvgIpc) is 3.21. The molecule has 0 saturated heterocycles. The van der Waals surface area contributed by atoms with Gasteiger partial charge < -0.3 is 20.3 Å². The number of aryl methyl sites for hydroxylation is 1. The Balaban J connectivity index is 1.72. The van der Waals surface area contributed by atoms with Gasteiger partial charge in [0.25, 0.3) is 5.91 Å². The summed E-state index contributed by atoms with van der Waals surface area (Å²) in [5.41, 5.74) is 4.35. The van der Waals surface area contributed by atoms with Crippen molar-refractivity contribution in [1.29, 1.82) is 0 Å². The lowest BCUT2D eigenvalue weighted by Crippen LogP contribution is -2.23. The van der Waals surface area contributed by atoms with Crippen LogP contribution in [0.4, 0.5) is 10.7 Å². The predicted molar refractivity (Wildman–Crippen MR) is 132 cm³/mol. The topological polar surface area (TPSA) is 87.7 Å². The molecule has 2 N–H and O–H groups in total. The van der Waals surface area contributed by atoms with Crippen molar-refractivity contribution in [2.24, 2.45) is 0 Å². The maximum atomic E-state index is 12.7. The quantitative estimate of drug-likeness (QED) is 0.473. The molecule has 0 bridgehead atoms. The molecular weight excluding hydrogens is 438 g/mol. The van der Waals surface area contributed by atoms with Crippen molar-refractivity contribution in [3.05, 3.63) is 70.6 Å². The Labute approximate surface area is 197 Å². The van der Waals surface area contributed by atoms with Crippen molar-refractivity contribution in [2.45, 2.75) is 13.8 Å². The van der Waals surface area contributed by atoms with E-state index in [0.29, 0.717) is 21.8 Å². The van der Waals surface area contributed by atoms with E-state index < -0.39 is 5.97 Å². The van der Waals surface area contributed by atoms with E-state index in [4.69, 9.17) is 4.74 Å². The van der Waals surface area contributed by atoms with Crippen LogP contribution < -0.4 is 10.6 Å². The Morgan fingerprint density at radius 3 is 2.27 bits per heavy atom. The van der Waals surface area contributed by atoms with E-state index in [9.17, 15) is 14.4 Å². The molecule has 0 saturated carbocycles. The van der Waals surface area contributed by atoms with Gasteiger partial charge in [-0.15, -0.1) is 11.3 Å². The Kier molecular flexibility index (Phi) is 7.84. The van der Waals surface area contributed by atoms with Gasteiger partial charge >= 0.3 is 5.97 Å². The predicted octanol–water partition coefficient (Wildman–Crippen LogP) is 4.65. The van der Waals surface area contributed by atoms with Crippen LogP contribution in [-0.4, -0.2) is 49.9 Å². The molecule has 0 atom stereocenters. The van der Waals surface area contributed by atoms with E-state index in [1.165, 1.54) is 16.2 Å². The molecule has 3 aromatic rings. The van der Waals surface area contributed by atoms with Crippen LogP contribution in [-0.2, 0) is 9.53 Å². The van der Waals surface area contributed by atoms with Gasteiger partial charge in [-0.25, -0.2) is 4.79 Å². The van der Waals surface area contributed by atoms with Gasteiger partial charge in [0.2, 0.25) is 5.91 Å². The van der Waals surface area contributed by atoms with Gasteiger partial charge in [-0.2, -0.15) is 0 Å². The molecule has 0 unspecified atom stereocenters. The second kappa shape index (κ2) is 10.8. The van der Waals surface area contributed by atoms with Crippen molar-refractivity contribution in [1.82, 2.24) is 4.90 Å². The number of esters is 1. The van der Waals surface area contributed by atoms with Crippen LogP contribution in [0.25, 0.3) is 11.1 Å². The molecule has 172 valence electrons. The highest BCUT2D eigenvalue weighted by Crippen LogP contribution is 2.36. The highest BCUT2D eigenvalue weighted by molar-refractivity contribution is 7.15. The largest absolute Gasteiger partial charge is 0.462 e. The summed E-state index contributed by atoms with van der Waals surface area (Å²) in [5, 5.41) is 8.15. The monoisotopic (exact) mass is 465 g/mol. The third kappa shape index (κ3) is 5.98. The second-order valence-electron chi connectivity index (χ2n) is 7.62. The minimum atomic E-state index is -0.473. The van der Waals surface area contributed by atoms with Crippen LogP contribution in [0.1, 0.15) is 33.2 Å². The molecule has 1 aromatic heterocycles. The molecule has 2 amide bonds. The van der Waals surface area contributed by atoms with Crippen molar-refractivity contribution in [2.75, 3.05) is 37.9 Å². The van der Waals surface area contributed by atoms with E-state index in [0.717, 1.165) is 16.7 Å². The second-order valence-corrected chi connectivity index (χ2v) is 8.50. The summed E-state index contributed by atoms with van der Waals surface area (Å²) >= 11 is 1.28. The van der Waals surface area contributed by atoms with Crippen molar-refractivity contribution in [3.8, 4) is 11.1 Å². The molecule has 1 heterocycles. The standard InChI is InChI=1S/C25H27N3O4S/c1-5-32-25(31)22-20(17-8-6-16(2)7-9-17)15-33-23(22)27-21(29)14-26-19-12-10-18(11-13-19)24(30)28(3)4/h6-13,15,26H,5,14H2,1-4H3,(H,27,29). The van der Waals surface area contributed by atoms with Crippen LogP contribution in [0.5, 0.6) is 0 Å². The van der Waals surface area contributed by atoms with Crippen LogP contribution in [0, 0.1) is 6.92 Å². The molecule has 0 aliphatic rings. The summed E-state index contributed by atoms with van der Waals surface area (Å²) in [6.07, 6.45) is 0. The maximum absolute atomic E-state index is 12.7. The van der Waals surface area contributed by atoms with Gasteiger partial charge in [0.15, 0.2) is 0 Å². The van der Waals surface area contributed by atoms with E-state index in [1.54, 1.807) is 45.3 Å². The summed E-state index contributed by atoms with van der Waals surface area (Å²) in [7, 11) is 3.39. The van der Waals surface area contributed by atoms with E-state index in [-0.39, 0.29) is 25.0 Å². The lowest BCUT2D eigenvalue weighted by molar-refractivity contribution is -0.114. The zero-order valence-corrected chi connectivity index (χ0v) is 19.9. The summed E-state index contributed by atoms with van der Waals surface area (Å²) in [4.78, 5) is 38.8. The molecule has 0 fully saturated rings. The van der Waals surface area contributed by atoms with Crippen molar-refractivity contribution >= 4 is 39.8 Å². The molecule has 8 heteroatoms. The van der Waals surface area contributed by atoms with Crippen LogP contribution in [0.3, 0.4) is 0 Å². The SMILES string of the molecule is CCOC(=O)c1c(-c2ccc(C)cc2)csc1NC(=O)CNc1ccc(C(=O)N(C)C)cc1. The fourth-order valence-electron chi connectivity index (χ4n) is 3.14. The fraction of sp³-hybridized carbons (Fsp3) is 0.240. The maximum Gasteiger partial charge on any atom is 0.341 e. The number of rotatable bonds is 8. The number of nitrogens with one attached hydrogen (secondary N) is 2. The number of nitrogens with zero attached hydrogens (tertiary/aromatic N) is 1. The number of carbonyl (C=O) groups excluding carboxylic acids is 3. The highest BCUT2D eigenvalue weighted by Gasteiger charge is 2.22. The third-order valence-corrected chi connectivity index (χ3v) is 5.77. The zero-order valence-electron chi connectivity index (χ0n) is 19.1. The van der Waals surface area contributed by atoms with Gasteiger partial charge in [-0.3, -0.25) is 9.59 Å². The van der Waals surface area contributed by atoms with E-state index in [1.807, 2.05) is 36.6 Å². The van der Waals surface area contributed by atoms with Crippen LogP contribution in [0.2, 0.25) is 0 Å². The minimum absolute atomic E-state index is 0.000996. The number of anilines is 2. The first-order valence-corrected chi connectivity index (χ1v) is 11.4. The van der Waals surface area contributed by atoms with Gasteiger partial charge in [-0.1, -0.05) is 29.8 Å². The summed E-state index contributed by atoms with van der Waals surface area (Å²) in [6.45, 7) is 3.98. The normalized spacial score (nSPS) is 10.4. The molecule has 2 aromatic carbocycles. The van der Waals surface area contributed by atoms with Gasteiger partial charge in [0.1, 0.15) is 10.6 Å². The lowest BCUT2D eigenvalue weighted by atomic mass is 10.0. The number of hydrogen-bond donors (Lipinski definition) is 2. The molecule has 0 radical (unpaired) electrons. The minimum Gasteiger partial charge on any atom is -0.462 e. The first-order chi connectivity index (χ1) is 15.8. The number of carbonyl (C=O) groups is 3. The number of benzene rings is 2. The average molecular weight is 466 g/mol. The molecule has 0 aliphatic heterocycles. The molecular formula is C25H27N3O4S. The summed E-state index contributed by atoms with van der Waals surface area (Å²) < 4.78 is 5.24. The first-order valence-electron chi connectivity index (χ1n) is 10.5. The molecule has 3 rings (SSSR count). The zero-order chi connectivity index (χ0) is 24.0. The number of thiophene rings is 1. The Bertz CT molecular complexity index is 1140. The van der Waals surface area contributed by atoms with E-state index >= 15 is 0 Å². The van der Waals surface area contributed by atoms with Gasteiger partial charge in [-0.05, 0) is 43.7 Å². The molecule has 7 nitrogen and oxygen atoms in total. The number of amides is 2. The number of ether oxygens (including phenoxy) is 1. The molecule has 0 aliphatic carbocycles. The summed E-state index contributed by atoms with van der Waals surface area (Å²) in [6, 6.07) is 14.7. The van der Waals surface area contributed by atoms with Crippen molar-refractivity contribution in [3.63, 3.8) is 0 Å². The first kappa shape index (κ1) is 24.0. The Morgan fingerprint density at radius 2 is 1.67 bits per heavy atom. The van der Waals surface area contributed by atoms with Gasteiger partial charge in [0.05, 0.1) is 13.2 Å². The van der Waals surface area contributed by atoms with Crippen molar-refractivity contribution < 1.29 is 19.1 Å². The molecule has 33 heavy (non-hydrogen) atoms. The van der Waals surface area contributed by atoms with Crippen LogP contribution in [0.15, 0.2) is 53.9 Å². The van der Waals surface area contributed by atoms with Gasteiger partial charge in [0, 0.05) is 36.3 Å². The lowest BCUT2D eigenvalue weighted by Gasteiger charge is -2.12. The van der Waals surface area contributed by atoms with Crippen LogP contribution >= 0.6 is 11.3 Å². The van der Waals surface area contributed by atoms with E-state index in [2.05, 4.69) is 10.6 Å². The Hall–Kier alpha value is -3.65. The summed E-state index contributed by atoms with van der Waals surface area (Å²) in [5.74, 6) is -0.863.